The zero-order valence-corrected chi connectivity index (χ0v) is 20.3. The molecule has 7 nitrogen and oxygen atoms in total. The van der Waals surface area contributed by atoms with Crippen LogP contribution in [0.15, 0.2) is 16.4 Å². The van der Waals surface area contributed by atoms with Crippen LogP contribution in [0, 0.1) is 5.92 Å². The largest absolute Gasteiger partial charge is 0.381 e. The Hall–Kier alpha value is -0.910. The van der Waals surface area contributed by atoms with E-state index in [1.165, 1.54) is 10.4 Å². The smallest absolute Gasteiger partial charge is 0.244 e. The van der Waals surface area contributed by atoms with Crippen LogP contribution in [0.2, 0.25) is 0 Å². The third kappa shape index (κ3) is 8.03. The molecule has 2 N–H and O–H groups in total. The first-order valence-electron chi connectivity index (χ1n) is 10.3. The number of rotatable bonds is 9. The number of hydrogen-bond acceptors (Lipinski definition) is 5. The van der Waals surface area contributed by atoms with Crippen molar-refractivity contribution in [2.45, 2.75) is 32.7 Å². The minimum absolute atomic E-state index is 0. The van der Waals surface area contributed by atoms with Gasteiger partial charge in [-0.05, 0) is 43.2 Å². The van der Waals surface area contributed by atoms with Gasteiger partial charge in [0.1, 0.15) is 6.54 Å². The van der Waals surface area contributed by atoms with Gasteiger partial charge in [-0.3, -0.25) is 4.79 Å². The van der Waals surface area contributed by atoms with Crippen molar-refractivity contribution in [3.63, 3.8) is 0 Å². The summed E-state index contributed by atoms with van der Waals surface area (Å²) in [4.78, 5) is 20.3. The summed E-state index contributed by atoms with van der Waals surface area (Å²) in [7, 11) is 0. The van der Waals surface area contributed by atoms with Crippen molar-refractivity contribution < 1.29 is 14.3 Å². The molecular formula is C20H33IN4O3S. The Morgan fingerprint density at radius 1 is 1.45 bits per heavy atom. The minimum Gasteiger partial charge on any atom is -0.381 e. The van der Waals surface area contributed by atoms with Crippen LogP contribution in [0.1, 0.15) is 30.2 Å². The van der Waals surface area contributed by atoms with E-state index in [1.807, 2.05) is 11.8 Å². The van der Waals surface area contributed by atoms with Gasteiger partial charge >= 0.3 is 0 Å². The predicted molar refractivity (Wildman–Crippen MR) is 127 cm³/mol. The average Bonchev–Trinajstić information content (AvgIpc) is 3.39. The van der Waals surface area contributed by atoms with Crippen molar-refractivity contribution in [3.05, 3.63) is 21.9 Å². The lowest BCUT2D eigenvalue weighted by Gasteiger charge is -2.26. The molecule has 3 heterocycles. The van der Waals surface area contributed by atoms with Gasteiger partial charge in [-0.1, -0.05) is 0 Å². The second-order valence-corrected chi connectivity index (χ2v) is 8.22. The van der Waals surface area contributed by atoms with Crippen molar-refractivity contribution in [2.75, 3.05) is 52.6 Å². The van der Waals surface area contributed by atoms with E-state index in [9.17, 15) is 4.79 Å². The summed E-state index contributed by atoms with van der Waals surface area (Å²) in [5, 5.41) is 8.59. The highest BCUT2D eigenvalue weighted by Gasteiger charge is 2.21. The zero-order chi connectivity index (χ0) is 19.6. The Kier molecular flexibility index (Phi) is 11.3. The van der Waals surface area contributed by atoms with Gasteiger partial charge in [0.05, 0.1) is 13.2 Å². The molecule has 3 rings (SSSR count). The summed E-state index contributed by atoms with van der Waals surface area (Å²) in [6, 6.07) is 2.12. The summed E-state index contributed by atoms with van der Waals surface area (Å²) in [5.74, 6) is 1.32. The number of guanidine groups is 1. The number of fused-ring (bicyclic) bond motifs is 1. The molecule has 0 aromatic carbocycles. The van der Waals surface area contributed by atoms with E-state index in [4.69, 9.17) is 9.47 Å². The lowest BCUT2D eigenvalue weighted by Crippen LogP contribution is -2.40. The van der Waals surface area contributed by atoms with E-state index in [1.54, 1.807) is 11.3 Å². The van der Waals surface area contributed by atoms with Gasteiger partial charge in [-0.2, -0.15) is 0 Å². The molecule has 9 heteroatoms. The van der Waals surface area contributed by atoms with Crippen molar-refractivity contribution >= 4 is 47.2 Å². The third-order valence-corrected chi connectivity index (χ3v) is 6.04. The normalized spacial score (nSPS) is 18.9. The number of nitrogens with zero attached hydrogens (tertiary/aromatic N) is 2. The van der Waals surface area contributed by atoms with Crippen LogP contribution in [-0.4, -0.2) is 69.4 Å². The Bertz CT molecular complexity index is 649. The summed E-state index contributed by atoms with van der Waals surface area (Å²) in [6.45, 7) is 8.42. The first-order chi connectivity index (χ1) is 13.8. The molecule has 0 bridgehead atoms. The topological polar surface area (TPSA) is 75.2 Å². The monoisotopic (exact) mass is 536 g/mol. The number of ether oxygens (including phenoxy) is 2. The molecule has 2 aliphatic rings. The highest BCUT2D eigenvalue weighted by Crippen LogP contribution is 2.23. The number of nitrogens with one attached hydrogen (secondary N) is 2. The molecule has 1 fully saturated rings. The molecule has 164 valence electrons. The van der Waals surface area contributed by atoms with Crippen LogP contribution in [0.3, 0.4) is 0 Å². The molecule has 0 saturated carbocycles. The van der Waals surface area contributed by atoms with Crippen molar-refractivity contribution in [3.8, 4) is 0 Å². The molecule has 0 spiro atoms. The fraction of sp³-hybridized carbons (Fsp3) is 0.700. The van der Waals surface area contributed by atoms with E-state index in [-0.39, 0.29) is 36.4 Å². The fourth-order valence-corrected chi connectivity index (χ4v) is 4.29. The van der Waals surface area contributed by atoms with E-state index < -0.39 is 0 Å². The standard InChI is InChI=1S/C20H32N4O3S.HI/c1-2-21-20(22-7-3-9-26-14-16-5-10-27-15-16)23-12-19(25)24-8-4-18-17(13-24)6-11-28-18;/h6,11,16H,2-5,7-10,12-15H2,1H3,(H2,21,22,23);1H. The third-order valence-electron chi connectivity index (χ3n) is 5.01. The van der Waals surface area contributed by atoms with Gasteiger partial charge in [-0.25, -0.2) is 4.99 Å². The number of hydrogen-bond donors (Lipinski definition) is 2. The molecule has 29 heavy (non-hydrogen) atoms. The lowest BCUT2D eigenvalue weighted by molar-refractivity contribution is -0.130. The predicted octanol–water partition coefficient (Wildman–Crippen LogP) is 2.25. The summed E-state index contributed by atoms with van der Waals surface area (Å²) in [6.07, 6.45) is 2.96. The Balaban J connectivity index is 0.00000300. The zero-order valence-electron chi connectivity index (χ0n) is 17.2. The number of carbonyl (C=O) groups is 1. The summed E-state index contributed by atoms with van der Waals surface area (Å²) < 4.78 is 11.1. The van der Waals surface area contributed by atoms with Gasteiger partial charge in [0.15, 0.2) is 5.96 Å². The van der Waals surface area contributed by atoms with Crippen molar-refractivity contribution in [1.29, 1.82) is 0 Å². The van der Waals surface area contributed by atoms with Crippen LogP contribution < -0.4 is 10.6 Å². The molecule has 1 atom stereocenters. The van der Waals surface area contributed by atoms with Crippen LogP contribution in [0.4, 0.5) is 0 Å². The lowest BCUT2D eigenvalue weighted by atomic mass is 10.1. The maximum atomic E-state index is 12.5. The fourth-order valence-electron chi connectivity index (χ4n) is 3.40. The Labute approximate surface area is 194 Å². The first kappa shape index (κ1) is 24.4. The molecule has 1 saturated heterocycles. The molecule has 1 amide bonds. The molecule has 1 unspecified atom stereocenters. The molecule has 0 aliphatic carbocycles. The maximum absolute atomic E-state index is 12.5. The average molecular weight is 536 g/mol. The summed E-state index contributed by atoms with van der Waals surface area (Å²) >= 11 is 1.78. The first-order valence-corrected chi connectivity index (χ1v) is 11.1. The van der Waals surface area contributed by atoms with Gasteiger partial charge in [0.25, 0.3) is 0 Å². The van der Waals surface area contributed by atoms with Gasteiger partial charge in [0, 0.05) is 50.2 Å². The molecular weight excluding hydrogens is 503 g/mol. The second-order valence-electron chi connectivity index (χ2n) is 7.21. The van der Waals surface area contributed by atoms with Crippen molar-refractivity contribution in [1.82, 2.24) is 15.5 Å². The molecule has 1 aromatic heterocycles. The van der Waals surface area contributed by atoms with Crippen LogP contribution in [0.5, 0.6) is 0 Å². The number of amides is 1. The van der Waals surface area contributed by atoms with E-state index in [0.29, 0.717) is 18.4 Å². The quantitative estimate of drug-likeness (QED) is 0.219. The highest BCUT2D eigenvalue weighted by atomic mass is 127. The number of halogens is 1. The van der Waals surface area contributed by atoms with Gasteiger partial charge in [-0.15, -0.1) is 35.3 Å². The SMILES string of the molecule is CCNC(=NCC(=O)N1CCc2sccc2C1)NCCCOCC1CCOC1.I. The summed E-state index contributed by atoms with van der Waals surface area (Å²) in [5.41, 5.74) is 1.28. The van der Waals surface area contributed by atoms with Crippen molar-refractivity contribution in [2.24, 2.45) is 10.9 Å². The second kappa shape index (κ2) is 13.4. The Morgan fingerprint density at radius 3 is 3.14 bits per heavy atom. The molecule has 0 radical (unpaired) electrons. The molecule has 2 aliphatic heterocycles. The number of thiophene rings is 1. The van der Waals surface area contributed by atoms with Crippen LogP contribution in [-0.2, 0) is 27.2 Å². The molecule has 1 aromatic rings. The Morgan fingerprint density at radius 2 is 2.34 bits per heavy atom. The highest BCUT2D eigenvalue weighted by molar-refractivity contribution is 14.0. The van der Waals surface area contributed by atoms with Crippen LogP contribution >= 0.6 is 35.3 Å². The van der Waals surface area contributed by atoms with E-state index >= 15 is 0 Å². The number of carbonyl (C=O) groups excluding carboxylic acids is 1. The van der Waals surface area contributed by atoms with E-state index in [0.717, 1.165) is 65.3 Å². The maximum Gasteiger partial charge on any atom is 0.244 e. The van der Waals surface area contributed by atoms with Gasteiger partial charge in [0.2, 0.25) is 5.91 Å². The minimum atomic E-state index is 0. The van der Waals surface area contributed by atoms with Gasteiger partial charge < -0.3 is 25.0 Å². The van der Waals surface area contributed by atoms with Crippen LogP contribution in [0.25, 0.3) is 0 Å². The van der Waals surface area contributed by atoms with E-state index in [2.05, 4.69) is 27.1 Å². The number of aliphatic imine (C=N–C) groups is 1.